The van der Waals surface area contributed by atoms with Crippen molar-refractivity contribution in [2.75, 3.05) is 17.2 Å². The molecule has 2 rings (SSSR count). The monoisotopic (exact) mass is 361 g/mol. The number of anilines is 2. The summed E-state index contributed by atoms with van der Waals surface area (Å²) in [5.74, 6) is -0.0675. The molecule has 4 N–H and O–H groups in total. The van der Waals surface area contributed by atoms with E-state index in [2.05, 4.69) is 10.6 Å². The Morgan fingerprint density at radius 1 is 1.00 bits per heavy atom. The van der Waals surface area contributed by atoms with Gasteiger partial charge in [0.25, 0.3) is 0 Å². The minimum absolute atomic E-state index is 0.0105. The molecule has 6 nitrogen and oxygen atoms in total. The Balaban J connectivity index is 1.84. The first-order valence-electron chi connectivity index (χ1n) is 8.02. The number of primary sulfonamides is 1. The summed E-state index contributed by atoms with van der Waals surface area (Å²) >= 11 is 0. The molecule has 25 heavy (non-hydrogen) atoms. The first-order valence-corrected chi connectivity index (χ1v) is 9.57. The summed E-state index contributed by atoms with van der Waals surface area (Å²) in [6.45, 7) is 4.40. The van der Waals surface area contributed by atoms with Crippen molar-refractivity contribution in [2.24, 2.45) is 11.1 Å². The lowest BCUT2D eigenvalue weighted by molar-refractivity contribution is -0.118. The van der Waals surface area contributed by atoms with E-state index in [0.717, 1.165) is 23.4 Å². The van der Waals surface area contributed by atoms with Crippen LogP contribution in [0.5, 0.6) is 0 Å². The summed E-state index contributed by atoms with van der Waals surface area (Å²) in [7, 11) is -3.65. The van der Waals surface area contributed by atoms with Crippen LogP contribution in [0.4, 0.5) is 11.4 Å². The second-order valence-electron chi connectivity index (χ2n) is 6.09. The molecular weight excluding hydrogens is 338 g/mol. The fraction of sp³-hybridized carbons (Fsp3) is 0.278. The molecule has 0 saturated carbocycles. The van der Waals surface area contributed by atoms with Gasteiger partial charge in [-0.3, -0.25) is 4.79 Å². The number of sulfonamides is 1. The molecule has 0 saturated heterocycles. The maximum absolute atomic E-state index is 11.6. The van der Waals surface area contributed by atoms with E-state index in [4.69, 9.17) is 5.14 Å². The van der Waals surface area contributed by atoms with Gasteiger partial charge in [-0.25, -0.2) is 13.6 Å². The van der Waals surface area contributed by atoms with Crippen LogP contribution in [0.3, 0.4) is 0 Å². The summed E-state index contributed by atoms with van der Waals surface area (Å²) < 4.78 is 22.4. The van der Waals surface area contributed by atoms with E-state index >= 15 is 0 Å². The predicted octanol–water partition coefficient (Wildman–Crippen LogP) is 2.58. The number of benzene rings is 2. The van der Waals surface area contributed by atoms with Crippen molar-refractivity contribution in [3.8, 4) is 0 Å². The first kappa shape index (κ1) is 19.0. The minimum Gasteiger partial charge on any atom is -0.385 e. The second kappa shape index (κ2) is 8.13. The summed E-state index contributed by atoms with van der Waals surface area (Å²) in [6, 6.07) is 14.0. The number of hydrogen-bond donors (Lipinski definition) is 3. The number of nitrogens with two attached hydrogens (primary N) is 1. The van der Waals surface area contributed by atoms with Crippen molar-refractivity contribution in [3.05, 3.63) is 54.1 Å². The van der Waals surface area contributed by atoms with Crippen LogP contribution in [0.25, 0.3) is 0 Å². The van der Waals surface area contributed by atoms with Gasteiger partial charge in [-0.05, 0) is 48.4 Å². The molecule has 0 aliphatic heterocycles. The Morgan fingerprint density at radius 2 is 1.56 bits per heavy atom. The highest BCUT2D eigenvalue weighted by Gasteiger charge is 2.07. The third-order valence-electron chi connectivity index (χ3n) is 3.67. The SMILES string of the molecule is CC(C)C(=O)Nc1ccc(NCCc2ccc(S(N)(=O)=O)cc2)cc1. The van der Waals surface area contributed by atoms with Crippen LogP contribution in [0.15, 0.2) is 53.4 Å². The fourth-order valence-electron chi connectivity index (χ4n) is 2.15. The molecule has 7 heteroatoms. The molecule has 0 aliphatic rings. The van der Waals surface area contributed by atoms with Gasteiger partial charge in [-0.15, -0.1) is 0 Å². The third kappa shape index (κ3) is 5.88. The fourth-order valence-corrected chi connectivity index (χ4v) is 2.67. The van der Waals surface area contributed by atoms with E-state index in [1.54, 1.807) is 12.1 Å². The lowest BCUT2D eigenvalue weighted by Gasteiger charge is -2.10. The average molecular weight is 361 g/mol. The number of carbonyl (C=O) groups excluding carboxylic acids is 1. The molecule has 0 aliphatic carbocycles. The van der Waals surface area contributed by atoms with Gasteiger partial charge >= 0.3 is 0 Å². The first-order chi connectivity index (χ1) is 11.8. The van der Waals surface area contributed by atoms with Gasteiger partial charge in [-0.2, -0.15) is 0 Å². The maximum Gasteiger partial charge on any atom is 0.238 e. The standard InChI is InChI=1S/C18H23N3O3S/c1-13(2)18(22)21-16-7-5-15(6-8-16)20-12-11-14-3-9-17(10-4-14)25(19,23)24/h3-10,13,20H,11-12H2,1-2H3,(H,21,22)(H2,19,23,24). The van der Waals surface area contributed by atoms with E-state index in [1.807, 2.05) is 38.1 Å². The van der Waals surface area contributed by atoms with E-state index in [9.17, 15) is 13.2 Å². The Hall–Kier alpha value is -2.38. The molecule has 0 unspecified atom stereocenters. The quantitative estimate of drug-likeness (QED) is 0.705. The molecule has 1 amide bonds. The largest absolute Gasteiger partial charge is 0.385 e. The van der Waals surface area contributed by atoms with Crippen LogP contribution in [0, 0.1) is 5.92 Å². The minimum atomic E-state index is -3.65. The highest BCUT2D eigenvalue weighted by Crippen LogP contribution is 2.15. The van der Waals surface area contributed by atoms with Gasteiger partial charge in [0.15, 0.2) is 0 Å². The van der Waals surface area contributed by atoms with Crippen molar-refractivity contribution < 1.29 is 13.2 Å². The Kier molecular flexibility index (Phi) is 6.17. The Morgan fingerprint density at radius 3 is 2.08 bits per heavy atom. The van der Waals surface area contributed by atoms with Crippen LogP contribution in [0.2, 0.25) is 0 Å². The molecular formula is C18H23N3O3S. The third-order valence-corrected chi connectivity index (χ3v) is 4.60. The van der Waals surface area contributed by atoms with Gasteiger partial charge in [0.1, 0.15) is 0 Å². The highest BCUT2D eigenvalue weighted by molar-refractivity contribution is 7.89. The number of carbonyl (C=O) groups is 1. The Labute approximate surface area is 148 Å². The lowest BCUT2D eigenvalue weighted by atomic mass is 10.1. The Bertz CT molecular complexity index is 814. The number of amides is 1. The molecule has 2 aromatic rings. The number of hydrogen-bond acceptors (Lipinski definition) is 4. The zero-order chi connectivity index (χ0) is 18.4. The summed E-state index contributed by atoms with van der Waals surface area (Å²) in [6.07, 6.45) is 0.747. The molecule has 0 radical (unpaired) electrons. The van der Waals surface area contributed by atoms with Crippen LogP contribution in [-0.4, -0.2) is 20.9 Å². The van der Waals surface area contributed by atoms with Crippen molar-refractivity contribution in [1.82, 2.24) is 0 Å². The summed E-state index contributed by atoms with van der Waals surface area (Å²) in [4.78, 5) is 11.8. The molecule has 0 heterocycles. The van der Waals surface area contributed by atoms with Gasteiger partial charge in [0.05, 0.1) is 4.90 Å². The second-order valence-corrected chi connectivity index (χ2v) is 7.65. The highest BCUT2D eigenvalue weighted by atomic mass is 32.2. The average Bonchev–Trinajstić information content (AvgIpc) is 2.56. The number of rotatable bonds is 7. The maximum atomic E-state index is 11.6. The van der Waals surface area contributed by atoms with Crippen LogP contribution >= 0.6 is 0 Å². The molecule has 0 fully saturated rings. The van der Waals surface area contributed by atoms with E-state index in [1.165, 1.54) is 12.1 Å². The number of nitrogens with one attached hydrogen (secondary N) is 2. The molecule has 0 aromatic heterocycles. The van der Waals surface area contributed by atoms with Gasteiger partial charge in [0, 0.05) is 23.8 Å². The van der Waals surface area contributed by atoms with Gasteiger partial charge in [-0.1, -0.05) is 26.0 Å². The van der Waals surface area contributed by atoms with Crippen LogP contribution in [0.1, 0.15) is 19.4 Å². The van der Waals surface area contributed by atoms with Crippen molar-refractivity contribution >= 4 is 27.3 Å². The molecule has 0 bridgehead atoms. The van der Waals surface area contributed by atoms with Crippen molar-refractivity contribution in [2.45, 2.75) is 25.2 Å². The lowest BCUT2D eigenvalue weighted by Crippen LogP contribution is -2.17. The predicted molar refractivity (Wildman–Crippen MR) is 99.9 cm³/mol. The zero-order valence-corrected chi connectivity index (χ0v) is 15.1. The van der Waals surface area contributed by atoms with Crippen LogP contribution < -0.4 is 15.8 Å². The van der Waals surface area contributed by atoms with Crippen molar-refractivity contribution in [3.63, 3.8) is 0 Å². The molecule has 0 atom stereocenters. The molecule has 0 spiro atoms. The van der Waals surface area contributed by atoms with E-state index in [0.29, 0.717) is 6.54 Å². The molecule has 134 valence electrons. The van der Waals surface area contributed by atoms with Crippen molar-refractivity contribution in [1.29, 1.82) is 0 Å². The van der Waals surface area contributed by atoms with E-state index < -0.39 is 10.0 Å². The normalized spacial score (nSPS) is 11.4. The van der Waals surface area contributed by atoms with Gasteiger partial charge < -0.3 is 10.6 Å². The summed E-state index contributed by atoms with van der Waals surface area (Å²) in [5, 5.41) is 11.2. The molecule has 2 aromatic carbocycles. The zero-order valence-electron chi connectivity index (χ0n) is 14.3. The smallest absolute Gasteiger partial charge is 0.238 e. The van der Waals surface area contributed by atoms with E-state index in [-0.39, 0.29) is 16.7 Å². The summed E-state index contributed by atoms with van der Waals surface area (Å²) in [5.41, 5.74) is 2.73. The van der Waals surface area contributed by atoms with Gasteiger partial charge in [0.2, 0.25) is 15.9 Å². The topological polar surface area (TPSA) is 101 Å². The van der Waals surface area contributed by atoms with Crippen LogP contribution in [-0.2, 0) is 21.2 Å².